The van der Waals surface area contributed by atoms with Crippen LogP contribution in [0.15, 0.2) is 0 Å². The summed E-state index contributed by atoms with van der Waals surface area (Å²) in [6, 6.07) is 2.27. The van der Waals surface area contributed by atoms with E-state index in [0.29, 0.717) is 16.9 Å². The molecule has 1 amide bonds. The van der Waals surface area contributed by atoms with Crippen LogP contribution in [0.3, 0.4) is 0 Å². The number of fused-ring (bicyclic) bond motifs is 2. The number of piperazine rings is 1. The summed E-state index contributed by atoms with van der Waals surface area (Å²) in [5.41, 5.74) is 0.520. The van der Waals surface area contributed by atoms with E-state index in [9.17, 15) is 4.79 Å². The maximum atomic E-state index is 11.8. The van der Waals surface area contributed by atoms with Crippen LogP contribution in [0.4, 0.5) is 4.79 Å². The topological polar surface area (TPSA) is 44.8 Å². The Hall–Kier alpha value is -0.810. The quantitative estimate of drug-likeness (QED) is 0.829. The smallest absolute Gasteiger partial charge is 0.407 e. The van der Waals surface area contributed by atoms with Gasteiger partial charge in [0.15, 0.2) is 0 Å². The van der Waals surface area contributed by atoms with Crippen molar-refractivity contribution in [1.82, 2.24) is 15.1 Å². The van der Waals surface area contributed by atoms with Crippen molar-refractivity contribution in [3.8, 4) is 0 Å². The fourth-order valence-corrected chi connectivity index (χ4v) is 6.20. The average molecular weight is 350 g/mol. The Balaban J connectivity index is 1.20. The molecule has 142 valence electrons. The van der Waals surface area contributed by atoms with Crippen molar-refractivity contribution in [2.75, 3.05) is 26.2 Å². The number of nitrogens with one attached hydrogen (secondary N) is 1. The van der Waals surface area contributed by atoms with Gasteiger partial charge in [0, 0.05) is 44.3 Å². The molecule has 0 aromatic carbocycles. The number of carbonyl (C=O) groups is 1. The van der Waals surface area contributed by atoms with Gasteiger partial charge in [-0.15, -0.1) is 0 Å². The largest absolute Gasteiger partial charge is 0.444 e. The number of rotatable bonds is 5. The number of hydrogen-bond donors (Lipinski definition) is 1. The lowest BCUT2D eigenvalue weighted by Crippen LogP contribution is -2.69. The second kappa shape index (κ2) is 5.59. The molecule has 2 saturated heterocycles. The fourth-order valence-electron chi connectivity index (χ4n) is 6.20. The number of nitrogens with zero attached hydrogens (tertiary/aromatic N) is 2. The van der Waals surface area contributed by atoms with Crippen LogP contribution < -0.4 is 5.32 Å². The molecule has 25 heavy (non-hydrogen) atoms. The van der Waals surface area contributed by atoms with Crippen LogP contribution in [0.25, 0.3) is 0 Å². The number of hydrogen-bond acceptors (Lipinski definition) is 4. The number of likely N-dealkylation sites (tertiary alicyclic amines) is 2. The molecule has 3 aliphatic carbocycles. The minimum atomic E-state index is -0.413. The van der Waals surface area contributed by atoms with Crippen molar-refractivity contribution in [2.24, 2.45) is 10.8 Å². The van der Waals surface area contributed by atoms with Gasteiger partial charge in [-0.2, -0.15) is 0 Å². The molecule has 3 saturated carbocycles. The molecular formula is C20H35N3O2. The van der Waals surface area contributed by atoms with E-state index < -0.39 is 5.60 Å². The van der Waals surface area contributed by atoms with Crippen LogP contribution in [-0.2, 0) is 4.74 Å². The van der Waals surface area contributed by atoms with E-state index in [2.05, 4.69) is 29.0 Å². The maximum Gasteiger partial charge on any atom is 0.407 e. The molecule has 0 radical (unpaired) electrons. The van der Waals surface area contributed by atoms with Crippen LogP contribution in [0.1, 0.15) is 60.3 Å². The van der Waals surface area contributed by atoms with Gasteiger partial charge in [-0.3, -0.25) is 9.80 Å². The Morgan fingerprint density at radius 2 is 1.84 bits per heavy atom. The molecule has 5 aliphatic rings. The van der Waals surface area contributed by atoms with Gasteiger partial charge < -0.3 is 10.1 Å². The number of amides is 1. The Kier molecular flexibility index (Phi) is 3.94. The van der Waals surface area contributed by atoms with Gasteiger partial charge in [0.25, 0.3) is 0 Å². The summed E-state index contributed by atoms with van der Waals surface area (Å²) in [6.07, 6.45) is 4.98. The summed E-state index contributed by atoms with van der Waals surface area (Å²) < 4.78 is 5.35. The van der Waals surface area contributed by atoms with Crippen molar-refractivity contribution in [2.45, 2.75) is 84.0 Å². The monoisotopic (exact) mass is 349 g/mol. The van der Waals surface area contributed by atoms with Gasteiger partial charge in [-0.05, 0) is 71.1 Å². The van der Waals surface area contributed by atoms with Gasteiger partial charge >= 0.3 is 6.09 Å². The first-order chi connectivity index (χ1) is 11.6. The summed E-state index contributed by atoms with van der Waals surface area (Å²) in [4.78, 5) is 17.3. The summed E-state index contributed by atoms with van der Waals surface area (Å²) in [7, 11) is 0. The summed E-state index contributed by atoms with van der Waals surface area (Å²) in [5, 5.41) is 2.99. The third kappa shape index (κ3) is 3.18. The highest BCUT2D eigenvalue weighted by atomic mass is 16.6. The molecule has 2 aliphatic heterocycles. The van der Waals surface area contributed by atoms with Crippen LogP contribution in [0.2, 0.25) is 0 Å². The normalized spacial score (nSPS) is 40.1. The molecule has 5 heteroatoms. The highest BCUT2D eigenvalue weighted by molar-refractivity contribution is 5.67. The molecule has 5 nitrogen and oxygen atoms in total. The zero-order chi connectivity index (χ0) is 18.0. The van der Waals surface area contributed by atoms with E-state index in [-0.39, 0.29) is 6.09 Å². The predicted octanol–water partition coefficient (Wildman–Crippen LogP) is 2.85. The van der Waals surface area contributed by atoms with E-state index in [1.807, 2.05) is 20.8 Å². The van der Waals surface area contributed by atoms with Crippen LogP contribution in [0, 0.1) is 10.8 Å². The molecule has 5 rings (SSSR count). The highest BCUT2D eigenvalue weighted by Gasteiger charge is 2.68. The number of ether oxygens (including phenoxy) is 1. The second-order valence-corrected chi connectivity index (χ2v) is 10.6. The number of alkyl carbamates (subject to hydrolysis) is 1. The molecule has 0 unspecified atom stereocenters. The average Bonchev–Trinajstić information content (AvgIpc) is 2.97. The third-order valence-electron chi connectivity index (χ3n) is 6.85. The zero-order valence-corrected chi connectivity index (χ0v) is 16.6. The molecule has 2 heterocycles. The van der Waals surface area contributed by atoms with Gasteiger partial charge in [0.1, 0.15) is 5.60 Å². The van der Waals surface area contributed by atoms with Crippen LogP contribution >= 0.6 is 0 Å². The van der Waals surface area contributed by atoms with E-state index in [0.717, 1.165) is 18.6 Å². The molecule has 0 aromatic heterocycles. The minimum absolute atomic E-state index is 0.267. The molecular weight excluding hydrogens is 314 g/mol. The Labute approximate surface area is 152 Å². The molecule has 4 bridgehead atoms. The highest BCUT2D eigenvalue weighted by Crippen LogP contribution is 2.73. The Morgan fingerprint density at radius 3 is 2.36 bits per heavy atom. The molecule has 0 spiro atoms. The van der Waals surface area contributed by atoms with Gasteiger partial charge in [-0.25, -0.2) is 4.79 Å². The van der Waals surface area contributed by atoms with E-state index in [1.165, 1.54) is 45.3 Å². The first kappa shape index (κ1) is 17.6. The predicted molar refractivity (Wildman–Crippen MR) is 98.6 cm³/mol. The van der Waals surface area contributed by atoms with Crippen molar-refractivity contribution >= 4 is 6.09 Å². The lowest BCUT2D eigenvalue weighted by atomic mass is 9.35. The first-order valence-corrected chi connectivity index (χ1v) is 10.1. The van der Waals surface area contributed by atoms with Gasteiger partial charge in [0.2, 0.25) is 0 Å². The molecule has 0 aromatic rings. The van der Waals surface area contributed by atoms with Crippen molar-refractivity contribution in [3.05, 3.63) is 0 Å². The van der Waals surface area contributed by atoms with E-state index >= 15 is 0 Å². The van der Waals surface area contributed by atoms with Crippen molar-refractivity contribution < 1.29 is 9.53 Å². The van der Waals surface area contributed by atoms with E-state index in [1.54, 1.807) is 0 Å². The third-order valence-corrected chi connectivity index (χ3v) is 6.85. The standard InChI is InChI=1S/C20H35N3O2/c1-14(2)23-8-15-6-16(23)7-22(15)13-20-9-19(10-20,11-20)12-21-17(24)25-18(3,4)5/h14-16H,6-13H2,1-5H3,(H,21,24)/t15-,16-,19?,20?/m0/s1. The second-order valence-electron chi connectivity index (χ2n) is 10.6. The van der Waals surface area contributed by atoms with Crippen LogP contribution in [0.5, 0.6) is 0 Å². The van der Waals surface area contributed by atoms with E-state index in [4.69, 9.17) is 4.74 Å². The summed E-state index contributed by atoms with van der Waals surface area (Å²) in [6.45, 7) is 15.0. The van der Waals surface area contributed by atoms with Gasteiger partial charge in [-0.1, -0.05) is 0 Å². The van der Waals surface area contributed by atoms with Crippen LogP contribution in [-0.4, -0.2) is 65.8 Å². The first-order valence-electron chi connectivity index (χ1n) is 10.1. The maximum absolute atomic E-state index is 11.8. The number of carbonyl (C=O) groups excluding carboxylic acids is 1. The van der Waals surface area contributed by atoms with Gasteiger partial charge in [0.05, 0.1) is 0 Å². The Morgan fingerprint density at radius 1 is 1.16 bits per heavy atom. The minimum Gasteiger partial charge on any atom is -0.444 e. The molecule has 2 atom stereocenters. The van der Waals surface area contributed by atoms with Crippen molar-refractivity contribution in [1.29, 1.82) is 0 Å². The summed E-state index contributed by atoms with van der Waals surface area (Å²) in [5.74, 6) is 0. The SMILES string of the molecule is CC(C)N1C[C@@H]2C[C@H]1CN2CC12CC(CNC(=O)OC(C)(C)C)(C1)C2. The zero-order valence-electron chi connectivity index (χ0n) is 16.6. The molecule has 1 N–H and O–H groups in total. The Bertz CT molecular complexity index is 534. The van der Waals surface area contributed by atoms with Crippen molar-refractivity contribution in [3.63, 3.8) is 0 Å². The summed E-state index contributed by atoms with van der Waals surface area (Å²) >= 11 is 0. The fraction of sp³-hybridized carbons (Fsp3) is 0.950. The lowest BCUT2D eigenvalue weighted by Gasteiger charge is -2.72. The lowest BCUT2D eigenvalue weighted by molar-refractivity contribution is -0.211. The molecule has 5 fully saturated rings.